The molecule has 27 heavy (non-hydrogen) atoms. The van der Waals surface area contributed by atoms with Crippen molar-refractivity contribution in [1.29, 1.82) is 0 Å². The van der Waals surface area contributed by atoms with Crippen molar-refractivity contribution in [1.82, 2.24) is 15.0 Å². The highest BCUT2D eigenvalue weighted by atomic mass is 32.2. The Morgan fingerprint density at radius 2 is 2.04 bits per heavy atom. The summed E-state index contributed by atoms with van der Waals surface area (Å²) in [6.45, 7) is 6.16. The molecule has 0 saturated carbocycles. The van der Waals surface area contributed by atoms with Crippen LogP contribution in [0, 0.1) is 12.8 Å². The molecule has 1 saturated heterocycles. The van der Waals surface area contributed by atoms with Crippen LogP contribution in [0.3, 0.4) is 0 Å². The van der Waals surface area contributed by atoms with Gasteiger partial charge < -0.3 is 14.2 Å². The third-order valence-corrected chi connectivity index (χ3v) is 5.99. The Kier molecular flexibility index (Phi) is 6.84. The predicted octanol–water partition coefficient (Wildman–Crippen LogP) is 3.84. The molecule has 0 bridgehead atoms. The maximum atomic E-state index is 12.0. The summed E-state index contributed by atoms with van der Waals surface area (Å²) in [6.07, 6.45) is 2.29. The first-order chi connectivity index (χ1) is 13.0. The van der Waals surface area contributed by atoms with Crippen molar-refractivity contribution in [3.8, 4) is 11.4 Å². The molecule has 2 heterocycles. The Balaban J connectivity index is 1.41. The first kappa shape index (κ1) is 19.8. The Bertz CT molecular complexity index is 784. The SMILES string of the molecule is Cc1ccc(-c2noc(COC(=O)CSC(=S)N3CCC(C)CC3)n2)cc1. The molecule has 1 aromatic carbocycles. The van der Waals surface area contributed by atoms with Crippen LogP contribution in [0.2, 0.25) is 0 Å². The van der Waals surface area contributed by atoms with Gasteiger partial charge >= 0.3 is 5.97 Å². The van der Waals surface area contributed by atoms with Gasteiger partial charge in [0.25, 0.3) is 5.89 Å². The number of rotatable bonds is 5. The van der Waals surface area contributed by atoms with Crippen LogP contribution < -0.4 is 0 Å². The molecule has 144 valence electrons. The van der Waals surface area contributed by atoms with Gasteiger partial charge in [-0.25, -0.2) is 0 Å². The normalized spacial score (nSPS) is 15.0. The first-order valence-electron chi connectivity index (χ1n) is 8.98. The number of nitrogens with zero attached hydrogens (tertiary/aromatic N) is 3. The van der Waals surface area contributed by atoms with Crippen LogP contribution in [0.4, 0.5) is 0 Å². The Morgan fingerprint density at radius 1 is 1.33 bits per heavy atom. The van der Waals surface area contributed by atoms with Crippen LogP contribution >= 0.6 is 24.0 Å². The third-order valence-electron chi connectivity index (χ3n) is 4.49. The van der Waals surface area contributed by atoms with E-state index in [0.29, 0.717) is 5.82 Å². The van der Waals surface area contributed by atoms with E-state index in [2.05, 4.69) is 22.0 Å². The molecular formula is C19H23N3O3S2. The molecular weight excluding hydrogens is 382 g/mol. The number of hydrogen-bond acceptors (Lipinski definition) is 7. The van der Waals surface area contributed by atoms with Gasteiger partial charge in [0, 0.05) is 18.7 Å². The molecule has 6 nitrogen and oxygen atoms in total. The Labute approximate surface area is 168 Å². The molecule has 0 spiro atoms. The first-order valence-corrected chi connectivity index (χ1v) is 10.4. The van der Waals surface area contributed by atoms with E-state index in [-0.39, 0.29) is 24.2 Å². The monoisotopic (exact) mass is 405 g/mol. The van der Waals surface area contributed by atoms with E-state index < -0.39 is 0 Å². The second-order valence-electron chi connectivity index (χ2n) is 6.76. The number of aryl methyl sites for hydroxylation is 1. The third kappa shape index (κ3) is 5.77. The van der Waals surface area contributed by atoms with Gasteiger partial charge in [-0.15, -0.1) is 0 Å². The van der Waals surface area contributed by atoms with Gasteiger partial charge in [-0.05, 0) is 25.7 Å². The second kappa shape index (κ2) is 9.32. The van der Waals surface area contributed by atoms with Gasteiger partial charge in [-0.3, -0.25) is 4.79 Å². The standard InChI is InChI=1S/C19H23N3O3S2/c1-13-3-5-15(6-4-13)18-20-16(25-21-18)11-24-17(23)12-27-19(26)22-9-7-14(2)8-10-22/h3-6,14H,7-12H2,1-2H3. The zero-order valence-corrected chi connectivity index (χ0v) is 17.1. The van der Waals surface area contributed by atoms with Crippen LogP contribution in [0.5, 0.6) is 0 Å². The minimum atomic E-state index is -0.345. The minimum Gasteiger partial charge on any atom is -0.455 e. The van der Waals surface area contributed by atoms with E-state index in [1.54, 1.807) is 0 Å². The molecule has 0 N–H and O–H groups in total. The molecule has 0 radical (unpaired) electrons. The molecule has 0 atom stereocenters. The molecule has 3 rings (SSSR count). The van der Waals surface area contributed by atoms with E-state index in [1.165, 1.54) is 11.8 Å². The number of piperidine rings is 1. The predicted molar refractivity (Wildman–Crippen MR) is 109 cm³/mol. The van der Waals surface area contributed by atoms with Gasteiger partial charge in [0.05, 0.1) is 5.75 Å². The summed E-state index contributed by atoms with van der Waals surface area (Å²) in [4.78, 5) is 18.4. The van der Waals surface area contributed by atoms with Crippen molar-refractivity contribution in [2.24, 2.45) is 5.92 Å². The molecule has 8 heteroatoms. The highest BCUT2D eigenvalue weighted by Gasteiger charge is 2.19. The zero-order chi connectivity index (χ0) is 19.2. The fourth-order valence-corrected chi connectivity index (χ4v) is 3.77. The maximum Gasteiger partial charge on any atom is 0.316 e. The lowest BCUT2D eigenvalue weighted by Gasteiger charge is -2.31. The summed E-state index contributed by atoms with van der Waals surface area (Å²) in [5.74, 6) is 1.35. The lowest BCUT2D eigenvalue weighted by molar-refractivity contribution is -0.142. The van der Waals surface area contributed by atoms with Crippen molar-refractivity contribution in [2.45, 2.75) is 33.3 Å². The number of ether oxygens (including phenoxy) is 1. The van der Waals surface area contributed by atoms with E-state index in [0.717, 1.165) is 47.3 Å². The number of esters is 1. The molecule has 1 aliphatic heterocycles. The average Bonchev–Trinajstić information content (AvgIpc) is 3.14. The largest absolute Gasteiger partial charge is 0.455 e. The number of thiocarbonyl (C=S) groups is 1. The number of carbonyl (C=O) groups excluding carboxylic acids is 1. The quantitative estimate of drug-likeness (QED) is 0.549. The number of carbonyl (C=O) groups is 1. The summed E-state index contributed by atoms with van der Waals surface area (Å²) in [5.41, 5.74) is 2.02. The molecule has 0 amide bonds. The Hall–Kier alpha value is -1.93. The lowest BCUT2D eigenvalue weighted by atomic mass is 10.00. The van der Waals surface area contributed by atoms with Crippen molar-refractivity contribution in [3.63, 3.8) is 0 Å². The van der Waals surface area contributed by atoms with Gasteiger partial charge in [0.15, 0.2) is 6.61 Å². The summed E-state index contributed by atoms with van der Waals surface area (Å²) in [7, 11) is 0. The molecule has 1 fully saturated rings. The topological polar surface area (TPSA) is 68.5 Å². The van der Waals surface area contributed by atoms with Crippen molar-refractivity contribution in [3.05, 3.63) is 35.7 Å². The zero-order valence-electron chi connectivity index (χ0n) is 15.5. The number of hydrogen-bond donors (Lipinski definition) is 0. The molecule has 1 aliphatic rings. The van der Waals surface area contributed by atoms with Gasteiger partial charge in [0.2, 0.25) is 5.82 Å². The summed E-state index contributed by atoms with van der Waals surface area (Å²) >= 11 is 6.76. The van der Waals surface area contributed by atoms with Crippen LogP contribution in [0.25, 0.3) is 11.4 Å². The minimum absolute atomic E-state index is 0.0355. The summed E-state index contributed by atoms with van der Waals surface area (Å²) in [6, 6.07) is 7.81. The number of thioether (sulfide) groups is 1. The van der Waals surface area contributed by atoms with Gasteiger partial charge in [-0.1, -0.05) is 65.9 Å². The summed E-state index contributed by atoms with van der Waals surface area (Å²) < 4.78 is 11.1. The van der Waals surface area contributed by atoms with Crippen molar-refractivity contribution in [2.75, 3.05) is 18.8 Å². The summed E-state index contributed by atoms with van der Waals surface area (Å²) in [5, 5.41) is 3.93. The fourth-order valence-electron chi connectivity index (χ4n) is 2.72. The van der Waals surface area contributed by atoms with Crippen LogP contribution in [0.1, 0.15) is 31.2 Å². The van der Waals surface area contributed by atoms with Gasteiger partial charge in [-0.2, -0.15) is 4.98 Å². The number of likely N-dealkylation sites (tertiary alicyclic amines) is 1. The number of benzene rings is 1. The second-order valence-corrected chi connectivity index (χ2v) is 8.37. The smallest absolute Gasteiger partial charge is 0.316 e. The maximum absolute atomic E-state index is 12.0. The van der Waals surface area contributed by atoms with Crippen LogP contribution in [-0.2, 0) is 16.1 Å². The lowest BCUT2D eigenvalue weighted by Crippen LogP contribution is -2.35. The average molecular weight is 406 g/mol. The molecule has 0 aliphatic carbocycles. The fraction of sp³-hybridized carbons (Fsp3) is 0.474. The van der Waals surface area contributed by atoms with E-state index >= 15 is 0 Å². The van der Waals surface area contributed by atoms with Crippen LogP contribution in [-0.4, -0.2) is 44.2 Å². The van der Waals surface area contributed by atoms with Crippen molar-refractivity contribution < 1.29 is 14.1 Å². The highest BCUT2D eigenvalue weighted by molar-refractivity contribution is 8.23. The van der Waals surface area contributed by atoms with Gasteiger partial charge in [0.1, 0.15) is 4.32 Å². The Morgan fingerprint density at radius 3 is 2.74 bits per heavy atom. The molecule has 0 unspecified atom stereocenters. The van der Waals surface area contributed by atoms with Crippen LogP contribution in [0.15, 0.2) is 28.8 Å². The number of aromatic nitrogens is 2. The van der Waals surface area contributed by atoms with E-state index in [1.807, 2.05) is 31.2 Å². The highest BCUT2D eigenvalue weighted by Crippen LogP contribution is 2.20. The van der Waals surface area contributed by atoms with E-state index in [4.69, 9.17) is 21.5 Å². The molecule has 1 aromatic heterocycles. The van der Waals surface area contributed by atoms with E-state index in [9.17, 15) is 4.79 Å². The molecule has 2 aromatic rings. The van der Waals surface area contributed by atoms with Crippen molar-refractivity contribution >= 4 is 34.3 Å².